The molecule has 0 heterocycles. The molecule has 3 atom stereocenters. The normalized spacial score (nSPS) is 33.4. The van der Waals surface area contributed by atoms with Crippen molar-refractivity contribution >= 4 is 11.8 Å². The van der Waals surface area contributed by atoms with E-state index in [4.69, 9.17) is 9.47 Å². The van der Waals surface area contributed by atoms with Gasteiger partial charge in [-0.25, -0.2) is 0 Å². The number of carbonyl (C=O) groups is 2. The minimum Gasteiger partial charge on any atom is -0.481 e. The second-order valence-corrected chi connectivity index (χ2v) is 4.90. The average Bonchev–Trinajstić information content (AvgIpc) is 3.05. The van der Waals surface area contributed by atoms with Crippen molar-refractivity contribution in [2.75, 3.05) is 14.2 Å². The van der Waals surface area contributed by atoms with Gasteiger partial charge in [0, 0.05) is 26.6 Å². The fourth-order valence-corrected chi connectivity index (χ4v) is 3.03. The lowest BCUT2D eigenvalue weighted by atomic mass is 9.85. The summed E-state index contributed by atoms with van der Waals surface area (Å²) in [5.41, 5.74) is 0. The number of hydrogen-bond donors (Lipinski definition) is 1. The van der Waals surface area contributed by atoms with Gasteiger partial charge in [-0.05, 0) is 24.7 Å². The summed E-state index contributed by atoms with van der Waals surface area (Å²) in [5, 5.41) is 9.18. The summed E-state index contributed by atoms with van der Waals surface area (Å²) in [6.07, 6.45) is 1.92. The van der Waals surface area contributed by atoms with E-state index in [1.54, 1.807) is 0 Å². The fraction of sp³-hybridized carbons (Fsp3) is 0.833. The van der Waals surface area contributed by atoms with E-state index in [1.165, 1.54) is 14.2 Å². The van der Waals surface area contributed by atoms with Crippen LogP contribution in [0.3, 0.4) is 0 Å². The van der Waals surface area contributed by atoms with Gasteiger partial charge in [-0.2, -0.15) is 0 Å². The number of carboxylic acid groups (broad SMARTS) is 1. The van der Waals surface area contributed by atoms with Crippen molar-refractivity contribution in [2.45, 2.75) is 25.6 Å². The molecule has 2 aliphatic rings. The second kappa shape index (κ2) is 4.74. The smallest absolute Gasteiger partial charge is 0.314 e. The standard InChI is InChI=1S/C12H18O5/c1-16-12(17-2)9-7(6-3-4-6)5-8(13)10(9)11(14)15/h6-7,9-10,12H,3-5H2,1-2H3,(H,14,15). The summed E-state index contributed by atoms with van der Waals surface area (Å²) in [6, 6.07) is 0. The third-order valence-corrected chi connectivity index (χ3v) is 3.94. The number of carbonyl (C=O) groups excluding carboxylic acids is 1. The molecule has 5 heteroatoms. The van der Waals surface area contributed by atoms with E-state index in [-0.39, 0.29) is 17.6 Å². The molecule has 2 fully saturated rings. The number of hydrogen-bond acceptors (Lipinski definition) is 4. The Kier molecular flexibility index (Phi) is 3.49. The van der Waals surface area contributed by atoms with Gasteiger partial charge >= 0.3 is 5.97 Å². The Hall–Kier alpha value is -0.940. The molecular weight excluding hydrogens is 224 g/mol. The molecule has 2 aliphatic carbocycles. The van der Waals surface area contributed by atoms with Crippen LogP contribution in [0, 0.1) is 23.7 Å². The lowest BCUT2D eigenvalue weighted by Crippen LogP contribution is -2.37. The molecule has 0 amide bonds. The Balaban J connectivity index is 2.24. The van der Waals surface area contributed by atoms with Crippen LogP contribution in [0.5, 0.6) is 0 Å². The van der Waals surface area contributed by atoms with Gasteiger partial charge in [-0.1, -0.05) is 0 Å². The van der Waals surface area contributed by atoms with E-state index in [1.807, 2.05) is 0 Å². The van der Waals surface area contributed by atoms with Gasteiger partial charge in [-0.15, -0.1) is 0 Å². The fourth-order valence-electron chi connectivity index (χ4n) is 3.03. The maximum Gasteiger partial charge on any atom is 0.314 e. The predicted octanol–water partition coefficient (Wildman–Crippen LogP) is 0.921. The largest absolute Gasteiger partial charge is 0.481 e. The monoisotopic (exact) mass is 242 g/mol. The number of rotatable bonds is 5. The first-order chi connectivity index (χ1) is 8.10. The highest BCUT2D eigenvalue weighted by Gasteiger charge is 2.54. The number of Topliss-reactive ketones (excluding diaryl/α,β-unsaturated/α-hetero) is 1. The van der Waals surface area contributed by atoms with Crippen LogP contribution in [0.25, 0.3) is 0 Å². The van der Waals surface area contributed by atoms with Crippen LogP contribution in [0.15, 0.2) is 0 Å². The summed E-state index contributed by atoms with van der Waals surface area (Å²) >= 11 is 0. The van der Waals surface area contributed by atoms with Crippen molar-refractivity contribution < 1.29 is 24.2 Å². The highest BCUT2D eigenvalue weighted by atomic mass is 16.7. The molecular formula is C12H18O5. The molecule has 0 spiro atoms. The van der Waals surface area contributed by atoms with Crippen molar-refractivity contribution in [3.05, 3.63) is 0 Å². The van der Waals surface area contributed by atoms with E-state index in [0.29, 0.717) is 12.3 Å². The maximum absolute atomic E-state index is 11.8. The molecule has 17 heavy (non-hydrogen) atoms. The van der Waals surface area contributed by atoms with Crippen LogP contribution in [-0.4, -0.2) is 37.4 Å². The van der Waals surface area contributed by atoms with Gasteiger partial charge in [0.25, 0.3) is 0 Å². The summed E-state index contributed by atoms with van der Waals surface area (Å²) in [4.78, 5) is 23.0. The Morgan fingerprint density at radius 2 is 1.94 bits per heavy atom. The third-order valence-electron chi connectivity index (χ3n) is 3.94. The van der Waals surface area contributed by atoms with Gasteiger partial charge in [0.2, 0.25) is 0 Å². The molecule has 0 saturated heterocycles. The van der Waals surface area contributed by atoms with Crippen molar-refractivity contribution in [2.24, 2.45) is 23.7 Å². The molecule has 0 aliphatic heterocycles. The van der Waals surface area contributed by atoms with E-state index in [9.17, 15) is 14.7 Å². The van der Waals surface area contributed by atoms with Gasteiger partial charge in [-0.3, -0.25) is 9.59 Å². The average molecular weight is 242 g/mol. The van der Waals surface area contributed by atoms with Crippen LogP contribution in [-0.2, 0) is 19.1 Å². The van der Waals surface area contributed by atoms with Crippen LogP contribution in [0.1, 0.15) is 19.3 Å². The van der Waals surface area contributed by atoms with Gasteiger partial charge < -0.3 is 14.6 Å². The molecule has 0 aromatic rings. The number of methoxy groups -OCH3 is 2. The van der Waals surface area contributed by atoms with E-state index < -0.39 is 18.2 Å². The zero-order valence-electron chi connectivity index (χ0n) is 10.1. The second-order valence-electron chi connectivity index (χ2n) is 4.90. The number of ketones is 1. The molecule has 96 valence electrons. The van der Waals surface area contributed by atoms with Gasteiger partial charge in [0.15, 0.2) is 6.29 Å². The van der Waals surface area contributed by atoms with E-state index >= 15 is 0 Å². The lowest BCUT2D eigenvalue weighted by molar-refractivity contribution is -0.171. The van der Waals surface area contributed by atoms with Gasteiger partial charge in [0.1, 0.15) is 11.7 Å². The molecule has 3 unspecified atom stereocenters. The summed E-state index contributed by atoms with van der Waals surface area (Å²) in [5.74, 6) is -1.97. The van der Waals surface area contributed by atoms with Gasteiger partial charge in [0.05, 0.1) is 0 Å². The van der Waals surface area contributed by atoms with Crippen LogP contribution >= 0.6 is 0 Å². The topological polar surface area (TPSA) is 72.8 Å². The molecule has 0 aromatic carbocycles. The van der Waals surface area contributed by atoms with E-state index in [0.717, 1.165) is 12.8 Å². The molecule has 2 rings (SSSR count). The summed E-state index contributed by atoms with van der Waals surface area (Å²) < 4.78 is 10.4. The van der Waals surface area contributed by atoms with Crippen LogP contribution in [0.4, 0.5) is 0 Å². The first kappa shape index (κ1) is 12.5. The number of carboxylic acids is 1. The summed E-state index contributed by atoms with van der Waals surface area (Å²) in [6.45, 7) is 0. The molecule has 2 saturated carbocycles. The first-order valence-electron chi connectivity index (χ1n) is 5.91. The highest BCUT2D eigenvalue weighted by molar-refractivity contribution is 6.00. The Bertz CT molecular complexity index is 319. The molecule has 0 bridgehead atoms. The molecule has 5 nitrogen and oxygen atoms in total. The minimum absolute atomic E-state index is 0.105. The van der Waals surface area contributed by atoms with Crippen molar-refractivity contribution in [3.8, 4) is 0 Å². The quantitative estimate of drug-likeness (QED) is 0.573. The lowest BCUT2D eigenvalue weighted by Gasteiger charge is -2.28. The predicted molar refractivity (Wildman–Crippen MR) is 58.3 cm³/mol. The Labute approximate surface area is 100 Å². The zero-order chi connectivity index (χ0) is 12.6. The summed E-state index contributed by atoms with van der Waals surface area (Å²) in [7, 11) is 2.97. The molecule has 1 N–H and O–H groups in total. The van der Waals surface area contributed by atoms with E-state index in [2.05, 4.69) is 0 Å². The van der Waals surface area contributed by atoms with Crippen LogP contribution < -0.4 is 0 Å². The SMILES string of the molecule is COC(OC)C1C(C(=O)O)C(=O)CC1C1CC1. The van der Waals surface area contributed by atoms with Crippen molar-refractivity contribution in [1.29, 1.82) is 0 Å². The molecule has 0 aromatic heterocycles. The number of ether oxygens (including phenoxy) is 2. The van der Waals surface area contributed by atoms with Crippen molar-refractivity contribution in [1.82, 2.24) is 0 Å². The zero-order valence-corrected chi connectivity index (χ0v) is 10.1. The maximum atomic E-state index is 11.8. The number of aliphatic carboxylic acids is 1. The Morgan fingerprint density at radius 3 is 2.35 bits per heavy atom. The minimum atomic E-state index is -1.05. The Morgan fingerprint density at radius 1 is 1.35 bits per heavy atom. The van der Waals surface area contributed by atoms with Crippen LogP contribution in [0.2, 0.25) is 0 Å². The van der Waals surface area contributed by atoms with Crippen molar-refractivity contribution in [3.63, 3.8) is 0 Å². The first-order valence-corrected chi connectivity index (χ1v) is 5.91. The molecule has 0 radical (unpaired) electrons. The third kappa shape index (κ3) is 2.21. The highest BCUT2D eigenvalue weighted by Crippen LogP contribution is 2.50.